The molecule has 0 unspecified atom stereocenters. The molecular weight excluding hydrogens is 242 g/mol. The lowest BCUT2D eigenvalue weighted by atomic mass is 10.0. The van der Waals surface area contributed by atoms with Crippen LogP contribution in [-0.4, -0.2) is 19.0 Å². The molecular formula is C12H14ClNO3. The van der Waals surface area contributed by atoms with Gasteiger partial charge in [0.25, 0.3) is 0 Å². The molecule has 0 saturated carbocycles. The van der Waals surface area contributed by atoms with Gasteiger partial charge in [0.1, 0.15) is 0 Å². The first-order valence-electron chi connectivity index (χ1n) is 5.13. The summed E-state index contributed by atoms with van der Waals surface area (Å²) in [5, 5.41) is 3.19. The van der Waals surface area contributed by atoms with Crippen molar-refractivity contribution in [3.8, 4) is 0 Å². The average molecular weight is 256 g/mol. The minimum Gasteiger partial charge on any atom is -0.469 e. The molecule has 92 valence electrons. The molecule has 5 heteroatoms. The van der Waals surface area contributed by atoms with Crippen LogP contribution in [0.5, 0.6) is 0 Å². The van der Waals surface area contributed by atoms with Crippen LogP contribution in [0.2, 0.25) is 5.02 Å². The highest BCUT2D eigenvalue weighted by atomic mass is 35.5. The molecule has 0 aliphatic rings. The molecule has 0 heterocycles. The summed E-state index contributed by atoms with van der Waals surface area (Å²) in [7, 11) is 1.31. The Morgan fingerprint density at radius 1 is 1.41 bits per heavy atom. The number of benzene rings is 1. The summed E-state index contributed by atoms with van der Waals surface area (Å²) < 4.78 is 4.59. The van der Waals surface area contributed by atoms with E-state index in [4.69, 9.17) is 11.6 Å². The zero-order valence-corrected chi connectivity index (χ0v) is 10.5. The normalized spacial score (nSPS) is 11.7. The van der Waals surface area contributed by atoms with E-state index >= 15 is 0 Å². The molecule has 0 bridgehead atoms. The second kappa shape index (κ2) is 6.25. The Morgan fingerprint density at radius 3 is 2.59 bits per heavy atom. The summed E-state index contributed by atoms with van der Waals surface area (Å²) in [6.45, 7) is 1.39. The summed E-state index contributed by atoms with van der Waals surface area (Å²) >= 11 is 6.03. The molecule has 17 heavy (non-hydrogen) atoms. The lowest BCUT2D eigenvalue weighted by Gasteiger charge is -2.18. The Balaban J connectivity index is 2.93. The van der Waals surface area contributed by atoms with Gasteiger partial charge >= 0.3 is 5.97 Å². The van der Waals surface area contributed by atoms with Gasteiger partial charge in [0.05, 0.1) is 19.6 Å². The lowest BCUT2D eigenvalue weighted by molar-refractivity contribution is -0.141. The van der Waals surface area contributed by atoms with Gasteiger partial charge in [0.2, 0.25) is 5.91 Å². The molecule has 0 aliphatic carbocycles. The first kappa shape index (κ1) is 13.5. The number of nitrogens with one attached hydrogen (secondary N) is 1. The predicted molar refractivity (Wildman–Crippen MR) is 64.6 cm³/mol. The van der Waals surface area contributed by atoms with Gasteiger partial charge in [-0.25, -0.2) is 0 Å². The fraction of sp³-hybridized carbons (Fsp3) is 0.333. The van der Waals surface area contributed by atoms with Crippen molar-refractivity contribution in [2.24, 2.45) is 0 Å². The minimum atomic E-state index is -0.464. The number of esters is 1. The number of carbonyl (C=O) groups excluding carboxylic acids is 2. The highest BCUT2D eigenvalue weighted by Gasteiger charge is 2.19. The van der Waals surface area contributed by atoms with Crippen molar-refractivity contribution in [2.45, 2.75) is 19.4 Å². The minimum absolute atomic E-state index is 0.0554. The van der Waals surface area contributed by atoms with Crippen LogP contribution in [0.3, 0.4) is 0 Å². The predicted octanol–water partition coefficient (Wildman–Crippen LogP) is 2.08. The van der Waals surface area contributed by atoms with Gasteiger partial charge in [-0.1, -0.05) is 29.8 Å². The van der Waals surface area contributed by atoms with Gasteiger partial charge < -0.3 is 10.1 Å². The molecule has 1 aromatic carbocycles. The second-order valence-corrected chi connectivity index (χ2v) is 3.96. The molecule has 0 saturated heterocycles. The first-order valence-corrected chi connectivity index (χ1v) is 5.50. The zero-order chi connectivity index (χ0) is 12.8. The van der Waals surface area contributed by atoms with Gasteiger partial charge in [-0.05, 0) is 11.6 Å². The zero-order valence-electron chi connectivity index (χ0n) is 9.70. The summed E-state index contributed by atoms with van der Waals surface area (Å²) in [6, 6.07) is 6.60. The number of hydrogen-bond donors (Lipinski definition) is 1. The average Bonchev–Trinajstić information content (AvgIpc) is 2.28. The number of rotatable bonds is 4. The van der Waals surface area contributed by atoms with E-state index in [1.54, 1.807) is 24.3 Å². The quantitative estimate of drug-likeness (QED) is 0.838. The Labute approximate surface area is 105 Å². The van der Waals surface area contributed by atoms with Gasteiger partial charge in [-0.15, -0.1) is 0 Å². The van der Waals surface area contributed by atoms with E-state index in [1.165, 1.54) is 14.0 Å². The maximum absolute atomic E-state index is 11.3. The van der Waals surface area contributed by atoms with Crippen molar-refractivity contribution in [1.82, 2.24) is 5.32 Å². The molecule has 1 aromatic rings. The third kappa shape index (κ3) is 4.07. The number of halogens is 1. The summed E-state index contributed by atoms with van der Waals surface area (Å²) in [5.41, 5.74) is 0.703. The van der Waals surface area contributed by atoms with Crippen LogP contribution >= 0.6 is 11.6 Å². The molecule has 0 aromatic heterocycles. The molecule has 1 amide bonds. The first-order chi connectivity index (χ1) is 8.04. The molecule has 0 fully saturated rings. The Hall–Kier alpha value is -1.55. The summed E-state index contributed by atoms with van der Waals surface area (Å²) in [6.07, 6.45) is 0.0554. The van der Waals surface area contributed by atoms with E-state index in [-0.39, 0.29) is 12.3 Å². The largest absolute Gasteiger partial charge is 0.469 e. The third-order valence-electron chi connectivity index (χ3n) is 2.26. The SMILES string of the molecule is COC(=O)C[C@H](NC(C)=O)c1ccccc1Cl. The Kier molecular flexibility index (Phi) is 4.97. The van der Waals surface area contributed by atoms with Crippen LogP contribution in [0.1, 0.15) is 24.9 Å². The van der Waals surface area contributed by atoms with Crippen molar-refractivity contribution >= 4 is 23.5 Å². The molecule has 1 N–H and O–H groups in total. The van der Waals surface area contributed by atoms with E-state index in [0.717, 1.165) is 0 Å². The number of methoxy groups -OCH3 is 1. The number of ether oxygens (including phenoxy) is 1. The van der Waals surface area contributed by atoms with Gasteiger partial charge in [0, 0.05) is 11.9 Å². The Bertz CT molecular complexity index is 420. The van der Waals surface area contributed by atoms with Crippen LogP contribution in [0.4, 0.5) is 0 Å². The van der Waals surface area contributed by atoms with E-state index in [2.05, 4.69) is 10.1 Å². The van der Waals surface area contributed by atoms with Crippen LogP contribution in [0.15, 0.2) is 24.3 Å². The number of carbonyl (C=O) groups is 2. The molecule has 0 aliphatic heterocycles. The smallest absolute Gasteiger partial charge is 0.307 e. The van der Waals surface area contributed by atoms with Crippen LogP contribution in [0.25, 0.3) is 0 Å². The monoisotopic (exact) mass is 255 g/mol. The maximum atomic E-state index is 11.3. The highest BCUT2D eigenvalue weighted by molar-refractivity contribution is 6.31. The number of amides is 1. The fourth-order valence-corrected chi connectivity index (χ4v) is 1.76. The van der Waals surface area contributed by atoms with Crippen molar-refractivity contribution in [2.75, 3.05) is 7.11 Å². The van der Waals surface area contributed by atoms with Gasteiger partial charge in [-0.2, -0.15) is 0 Å². The van der Waals surface area contributed by atoms with Crippen molar-refractivity contribution < 1.29 is 14.3 Å². The van der Waals surface area contributed by atoms with E-state index < -0.39 is 12.0 Å². The maximum Gasteiger partial charge on any atom is 0.307 e. The van der Waals surface area contributed by atoms with E-state index in [1.807, 2.05) is 0 Å². The van der Waals surface area contributed by atoms with Crippen LogP contribution in [-0.2, 0) is 14.3 Å². The van der Waals surface area contributed by atoms with Crippen molar-refractivity contribution in [3.63, 3.8) is 0 Å². The molecule has 4 nitrogen and oxygen atoms in total. The van der Waals surface area contributed by atoms with E-state index in [9.17, 15) is 9.59 Å². The molecule has 0 radical (unpaired) electrons. The van der Waals surface area contributed by atoms with Gasteiger partial charge in [0.15, 0.2) is 0 Å². The standard InChI is InChI=1S/C12H14ClNO3/c1-8(15)14-11(7-12(16)17-2)9-5-3-4-6-10(9)13/h3-6,11H,7H2,1-2H3,(H,14,15)/t11-/m0/s1. The lowest BCUT2D eigenvalue weighted by Crippen LogP contribution is -2.28. The fourth-order valence-electron chi connectivity index (χ4n) is 1.49. The van der Waals surface area contributed by atoms with E-state index in [0.29, 0.717) is 10.6 Å². The number of hydrogen-bond acceptors (Lipinski definition) is 3. The third-order valence-corrected chi connectivity index (χ3v) is 2.60. The highest BCUT2D eigenvalue weighted by Crippen LogP contribution is 2.25. The molecule has 1 rings (SSSR count). The molecule has 0 spiro atoms. The van der Waals surface area contributed by atoms with Crippen molar-refractivity contribution in [1.29, 1.82) is 0 Å². The van der Waals surface area contributed by atoms with Gasteiger partial charge in [-0.3, -0.25) is 9.59 Å². The Morgan fingerprint density at radius 2 is 2.06 bits per heavy atom. The van der Waals surface area contributed by atoms with Crippen molar-refractivity contribution in [3.05, 3.63) is 34.9 Å². The summed E-state index contributed by atoms with van der Waals surface area (Å²) in [5.74, 6) is -0.623. The second-order valence-electron chi connectivity index (χ2n) is 3.55. The molecule has 1 atom stereocenters. The van der Waals surface area contributed by atoms with Crippen LogP contribution < -0.4 is 5.32 Å². The summed E-state index contributed by atoms with van der Waals surface area (Å²) in [4.78, 5) is 22.4. The topological polar surface area (TPSA) is 55.4 Å². The van der Waals surface area contributed by atoms with Crippen LogP contribution in [0, 0.1) is 0 Å².